The number of nitrogens with one attached hydrogen (secondary N) is 1. The van der Waals surface area contributed by atoms with E-state index in [0.29, 0.717) is 6.04 Å². The van der Waals surface area contributed by atoms with Gasteiger partial charge in [-0.25, -0.2) is 0 Å². The third kappa shape index (κ3) is 4.34. The smallest absolute Gasteiger partial charge is 0.0926 e. The van der Waals surface area contributed by atoms with E-state index in [1.807, 2.05) is 6.92 Å². The monoisotopic (exact) mass is 140 g/mol. The van der Waals surface area contributed by atoms with Crippen LogP contribution in [0.5, 0.6) is 0 Å². The van der Waals surface area contributed by atoms with Crippen molar-refractivity contribution in [3.05, 3.63) is 0 Å². The molecule has 2 nitrogen and oxygen atoms in total. The molecule has 0 aliphatic rings. The molecule has 10 heavy (non-hydrogen) atoms. The maximum Gasteiger partial charge on any atom is 0.0926 e. The van der Waals surface area contributed by atoms with Gasteiger partial charge >= 0.3 is 0 Å². The summed E-state index contributed by atoms with van der Waals surface area (Å²) in [5.74, 6) is 0. The maximum atomic E-state index is 8.44. The van der Waals surface area contributed by atoms with Gasteiger partial charge in [-0.2, -0.15) is 5.26 Å². The summed E-state index contributed by atoms with van der Waals surface area (Å²) in [6.45, 7) is 6.14. The second-order valence-corrected chi connectivity index (χ2v) is 2.71. The summed E-state index contributed by atoms with van der Waals surface area (Å²) in [6.07, 6.45) is 2.32. The lowest BCUT2D eigenvalue weighted by Gasteiger charge is -2.13. The zero-order valence-electron chi connectivity index (χ0n) is 7.02. The zero-order valence-corrected chi connectivity index (χ0v) is 7.02. The largest absolute Gasteiger partial charge is 0.300 e. The van der Waals surface area contributed by atoms with Gasteiger partial charge in [0.25, 0.3) is 0 Å². The molecule has 2 unspecified atom stereocenters. The quantitative estimate of drug-likeness (QED) is 0.645. The molecule has 0 aromatic carbocycles. The van der Waals surface area contributed by atoms with Crippen molar-refractivity contribution in [3.8, 4) is 6.07 Å². The summed E-state index contributed by atoms with van der Waals surface area (Å²) < 4.78 is 0. The van der Waals surface area contributed by atoms with Gasteiger partial charge in [0.15, 0.2) is 0 Å². The Kier molecular flexibility index (Phi) is 4.96. The number of rotatable bonds is 4. The first-order valence-corrected chi connectivity index (χ1v) is 3.86. The first-order valence-electron chi connectivity index (χ1n) is 3.86. The minimum Gasteiger partial charge on any atom is -0.300 e. The lowest BCUT2D eigenvalue weighted by Crippen LogP contribution is -2.33. The van der Waals surface area contributed by atoms with Crippen molar-refractivity contribution in [3.63, 3.8) is 0 Å². The van der Waals surface area contributed by atoms with Crippen molar-refractivity contribution >= 4 is 0 Å². The Bertz CT molecular complexity index is 115. The molecule has 0 amide bonds. The molecular weight excluding hydrogens is 124 g/mol. The highest BCUT2D eigenvalue weighted by Crippen LogP contribution is 1.95. The van der Waals surface area contributed by atoms with Crippen LogP contribution in [0.2, 0.25) is 0 Å². The Morgan fingerprint density at radius 3 is 2.50 bits per heavy atom. The van der Waals surface area contributed by atoms with Gasteiger partial charge in [0.1, 0.15) is 0 Å². The lowest BCUT2D eigenvalue weighted by atomic mass is 10.2. The van der Waals surface area contributed by atoms with Crippen LogP contribution >= 0.6 is 0 Å². The Labute approximate surface area is 63.2 Å². The number of hydrogen-bond donors (Lipinski definition) is 1. The summed E-state index contributed by atoms with van der Waals surface area (Å²) >= 11 is 0. The van der Waals surface area contributed by atoms with E-state index < -0.39 is 0 Å². The molecule has 0 radical (unpaired) electrons. The van der Waals surface area contributed by atoms with Crippen molar-refractivity contribution < 1.29 is 0 Å². The van der Waals surface area contributed by atoms with Gasteiger partial charge in [-0.1, -0.05) is 13.3 Å². The van der Waals surface area contributed by atoms with Crippen molar-refractivity contribution in [2.45, 2.75) is 45.7 Å². The fourth-order valence-corrected chi connectivity index (χ4v) is 0.980. The third-order valence-corrected chi connectivity index (χ3v) is 1.45. The van der Waals surface area contributed by atoms with E-state index in [4.69, 9.17) is 5.26 Å². The van der Waals surface area contributed by atoms with E-state index in [2.05, 4.69) is 25.2 Å². The molecule has 2 atom stereocenters. The zero-order chi connectivity index (χ0) is 7.98. The van der Waals surface area contributed by atoms with Gasteiger partial charge in [0.2, 0.25) is 0 Å². The molecule has 0 fully saturated rings. The molecule has 0 saturated heterocycles. The summed E-state index contributed by atoms with van der Waals surface area (Å²) in [6, 6.07) is 2.60. The molecule has 2 heteroatoms. The van der Waals surface area contributed by atoms with E-state index in [9.17, 15) is 0 Å². The molecule has 58 valence electrons. The molecule has 0 aromatic heterocycles. The minimum atomic E-state index is -0.0125. The van der Waals surface area contributed by atoms with Crippen LogP contribution in [0.25, 0.3) is 0 Å². The molecule has 0 rings (SSSR count). The van der Waals surface area contributed by atoms with Crippen LogP contribution in [0.1, 0.15) is 33.6 Å². The average molecular weight is 140 g/mol. The normalized spacial score (nSPS) is 15.8. The maximum absolute atomic E-state index is 8.44. The van der Waals surface area contributed by atoms with Crippen LogP contribution in [-0.4, -0.2) is 12.1 Å². The highest BCUT2D eigenvalue weighted by Gasteiger charge is 2.03. The lowest BCUT2D eigenvalue weighted by molar-refractivity contribution is 0.488. The van der Waals surface area contributed by atoms with Gasteiger partial charge in [0, 0.05) is 6.04 Å². The number of nitriles is 1. The molecule has 0 aliphatic heterocycles. The van der Waals surface area contributed by atoms with Crippen LogP contribution in [0.15, 0.2) is 0 Å². The Morgan fingerprint density at radius 2 is 2.10 bits per heavy atom. The van der Waals surface area contributed by atoms with Crippen LogP contribution < -0.4 is 5.32 Å². The molecule has 0 spiro atoms. The van der Waals surface area contributed by atoms with Gasteiger partial charge in [-0.15, -0.1) is 0 Å². The van der Waals surface area contributed by atoms with Crippen LogP contribution in [0.3, 0.4) is 0 Å². The summed E-state index contributed by atoms with van der Waals surface area (Å²) in [5, 5.41) is 11.6. The minimum absolute atomic E-state index is 0.0125. The SMILES string of the molecule is CCCC(C)NC(C)C#N. The fraction of sp³-hybridized carbons (Fsp3) is 0.875. The van der Waals surface area contributed by atoms with Crippen molar-refractivity contribution in [2.24, 2.45) is 0 Å². The highest BCUT2D eigenvalue weighted by atomic mass is 14.9. The second kappa shape index (κ2) is 5.25. The van der Waals surface area contributed by atoms with Crippen molar-refractivity contribution in [1.82, 2.24) is 5.32 Å². The molecule has 0 aromatic rings. The summed E-state index contributed by atoms with van der Waals surface area (Å²) in [4.78, 5) is 0. The van der Waals surface area contributed by atoms with Crippen LogP contribution in [-0.2, 0) is 0 Å². The molecule has 0 aliphatic carbocycles. The first-order chi connectivity index (χ1) is 4.70. The van der Waals surface area contributed by atoms with E-state index in [1.54, 1.807) is 0 Å². The van der Waals surface area contributed by atoms with Gasteiger partial charge < -0.3 is 0 Å². The summed E-state index contributed by atoms with van der Waals surface area (Å²) in [5.41, 5.74) is 0. The Hall–Kier alpha value is -0.550. The third-order valence-electron chi connectivity index (χ3n) is 1.45. The Morgan fingerprint density at radius 1 is 1.50 bits per heavy atom. The van der Waals surface area contributed by atoms with Crippen LogP contribution in [0, 0.1) is 11.3 Å². The standard InChI is InChI=1S/C8H16N2/c1-4-5-7(2)10-8(3)6-9/h7-8,10H,4-5H2,1-3H3. The van der Waals surface area contributed by atoms with Gasteiger partial charge in [0.05, 0.1) is 12.1 Å². The topological polar surface area (TPSA) is 35.8 Å². The predicted octanol–water partition coefficient (Wildman–Crippen LogP) is 1.68. The molecule has 1 N–H and O–H groups in total. The van der Waals surface area contributed by atoms with Gasteiger partial charge in [-0.05, 0) is 20.3 Å². The number of nitrogens with zero attached hydrogens (tertiary/aromatic N) is 1. The molecule has 0 saturated carbocycles. The van der Waals surface area contributed by atoms with E-state index in [-0.39, 0.29) is 6.04 Å². The molecular formula is C8H16N2. The summed E-state index contributed by atoms with van der Waals surface area (Å²) in [7, 11) is 0. The first kappa shape index (κ1) is 9.45. The van der Waals surface area contributed by atoms with E-state index in [0.717, 1.165) is 6.42 Å². The van der Waals surface area contributed by atoms with Crippen LogP contribution in [0.4, 0.5) is 0 Å². The number of hydrogen-bond acceptors (Lipinski definition) is 2. The average Bonchev–Trinajstić information content (AvgIpc) is 1.88. The van der Waals surface area contributed by atoms with Crippen molar-refractivity contribution in [2.75, 3.05) is 0 Å². The Balaban J connectivity index is 3.39. The fourth-order valence-electron chi connectivity index (χ4n) is 0.980. The second-order valence-electron chi connectivity index (χ2n) is 2.71. The van der Waals surface area contributed by atoms with E-state index >= 15 is 0 Å². The highest BCUT2D eigenvalue weighted by molar-refractivity contribution is 4.86. The predicted molar refractivity (Wildman–Crippen MR) is 42.6 cm³/mol. The van der Waals surface area contributed by atoms with Gasteiger partial charge in [-0.3, -0.25) is 5.32 Å². The van der Waals surface area contributed by atoms with Crippen molar-refractivity contribution in [1.29, 1.82) is 5.26 Å². The van der Waals surface area contributed by atoms with E-state index in [1.165, 1.54) is 6.42 Å². The molecule has 0 bridgehead atoms. The molecule has 0 heterocycles.